The highest BCUT2D eigenvalue weighted by atomic mass is 32.2. The van der Waals surface area contributed by atoms with Gasteiger partial charge in [0.25, 0.3) is 0 Å². The van der Waals surface area contributed by atoms with E-state index in [9.17, 15) is 23.4 Å². The van der Waals surface area contributed by atoms with Crippen LogP contribution in [0.2, 0.25) is 0 Å². The molecule has 2 N–H and O–H groups in total. The van der Waals surface area contributed by atoms with E-state index in [1.54, 1.807) is 0 Å². The van der Waals surface area contributed by atoms with Gasteiger partial charge in [-0.15, -0.1) is 0 Å². The number of nitrogens with zero attached hydrogens (tertiary/aromatic N) is 1. The average Bonchev–Trinajstić information content (AvgIpc) is 3.22. The molecule has 0 aromatic heterocycles. The van der Waals surface area contributed by atoms with Crippen molar-refractivity contribution in [2.45, 2.75) is 104 Å². The highest BCUT2D eigenvalue weighted by Crippen LogP contribution is 2.70. The van der Waals surface area contributed by atoms with Gasteiger partial charge < -0.3 is 14.9 Å². The maximum Gasteiger partial charge on any atom is 0.305 e. The first-order valence-corrected chi connectivity index (χ1v) is 17.5. The molecule has 0 bridgehead atoms. The number of carbonyl (C=O) groups excluding carboxylic acids is 1. The van der Waals surface area contributed by atoms with E-state index in [2.05, 4.69) is 32.6 Å². The van der Waals surface area contributed by atoms with Gasteiger partial charge in [-0.2, -0.15) is 0 Å². The zero-order chi connectivity index (χ0) is 28.2. The zero-order valence-electron chi connectivity index (χ0n) is 24.7. The number of esters is 1. The molecule has 8 heteroatoms. The Balaban J connectivity index is 1.13. The molecule has 10 atom stereocenters. The molecule has 0 aromatic rings. The van der Waals surface area contributed by atoms with Crippen LogP contribution in [0.25, 0.3) is 0 Å². The molecule has 39 heavy (non-hydrogen) atoms. The second kappa shape index (κ2) is 10.9. The molecule has 5 aliphatic rings. The maximum atomic E-state index is 12.5. The maximum absolute atomic E-state index is 12.5. The van der Waals surface area contributed by atoms with Gasteiger partial charge in [-0.3, -0.25) is 9.69 Å². The summed E-state index contributed by atoms with van der Waals surface area (Å²) in [5.41, 5.74) is 0.464. The van der Waals surface area contributed by atoms with Crippen molar-refractivity contribution in [3.05, 3.63) is 0 Å². The first kappa shape index (κ1) is 29.8. The van der Waals surface area contributed by atoms with Crippen molar-refractivity contribution in [1.29, 1.82) is 0 Å². The van der Waals surface area contributed by atoms with E-state index in [0.29, 0.717) is 62.3 Å². The topological polar surface area (TPSA) is 104 Å². The molecular weight excluding hydrogens is 514 g/mol. The highest BCUT2D eigenvalue weighted by molar-refractivity contribution is 7.91. The van der Waals surface area contributed by atoms with Crippen LogP contribution >= 0.6 is 0 Å². The fourth-order valence-electron chi connectivity index (χ4n) is 10.1. The van der Waals surface area contributed by atoms with Crippen molar-refractivity contribution in [3.8, 4) is 0 Å². The number of hydrogen-bond donors (Lipinski definition) is 2. The standard InChI is InChI=1S/C31H53NO6S/c1-21(5-6-27(35)38-14-11-32-12-15-39(36,37)16-13-32)22-17-25-28-24(8-9-29(25,2)18-22)31(4)10-7-23(33)19-30(31,3)20-26(28)34/h21-26,28,33-34H,5-20H2,1-4H3/t21-,22+,23-,24?,25+,26-,28-,29-,30+,31-/m0/s1. The number of hydrogen-bond acceptors (Lipinski definition) is 7. The minimum atomic E-state index is -2.89. The SMILES string of the molecule is C[C@@H](CCC(=O)OCCN1CCS(=O)(=O)CC1)[C@@H]1C[C@@H]2[C@@H]3C(CC[C@@]2(C)C1)[C@]1(C)CC[C@H](O)C[C@]1(C)C[C@@H]3O. The fraction of sp³-hybridized carbons (Fsp3) is 0.968. The van der Waals surface area contributed by atoms with Crippen LogP contribution in [0, 0.1) is 45.8 Å². The van der Waals surface area contributed by atoms with E-state index in [1.807, 2.05) is 0 Å². The van der Waals surface area contributed by atoms with Crippen molar-refractivity contribution in [2.24, 2.45) is 45.8 Å². The van der Waals surface area contributed by atoms with Crippen LogP contribution in [0.5, 0.6) is 0 Å². The van der Waals surface area contributed by atoms with E-state index in [4.69, 9.17) is 4.74 Å². The molecule has 5 rings (SSSR count). The quantitative estimate of drug-likeness (QED) is 0.447. The van der Waals surface area contributed by atoms with Crippen molar-refractivity contribution in [2.75, 3.05) is 37.7 Å². The summed E-state index contributed by atoms with van der Waals surface area (Å²) in [7, 11) is -2.89. The van der Waals surface area contributed by atoms with E-state index in [-0.39, 0.29) is 45.9 Å². The Kier molecular flexibility index (Phi) is 8.29. The summed E-state index contributed by atoms with van der Waals surface area (Å²) in [4.78, 5) is 14.5. The molecule has 7 nitrogen and oxygen atoms in total. The van der Waals surface area contributed by atoms with Crippen LogP contribution in [-0.4, -0.2) is 79.5 Å². The third kappa shape index (κ3) is 5.70. The number of sulfone groups is 1. The normalized spacial score (nSPS) is 46.5. The first-order chi connectivity index (χ1) is 18.3. The number of fused-ring (bicyclic) bond motifs is 5. The molecular formula is C31H53NO6S. The van der Waals surface area contributed by atoms with Gasteiger partial charge in [-0.25, -0.2) is 8.42 Å². The van der Waals surface area contributed by atoms with Gasteiger partial charge in [-0.05, 0) is 104 Å². The summed E-state index contributed by atoms with van der Waals surface area (Å²) in [6.07, 6.45) is 9.10. The summed E-state index contributed by atoms with van der Waals surface area (Å²) in [6, 6.07) is 0. The smallest absolute Gasteiger partial charge is 0.305 e. The number of aliphatic hydroxyl groups excluding tert-OH is 2. The largest absolute Gasteiger partial charge is 0.464 e. The Hall–Kier alpha value is -0.700. The number of aliphatic hydroxyl groups is 2. The average molecular weight is 568 g/mol. The van der Waals surface area contributed by atoms with Crippen LogP contribution in [0.15, 0.2) is 0 Å². The molecule has 5 fully saturated rings. The van der Waals surface area contributed by atoms with Gasteiger partial charge in [0.1, 0.15) is 6.61 Å². The molecule has 0 amide bonds. The molecule has 224 valence electrons. The lowest BCUT2D eigenvalue weighted by Gasteiger charge is -2.66. The second-order valence-electron chi connectivity index (χ2n) is 15.1. The number of ether oxygens (including phenoxy) is 1. The number of carbonyl (C=O) groups is 1. The Morgan fingerprint density at radius 2 is 1.74 bits per heavy atom. The van der Waals surface area contributed by atoms with E-state index < -0.39 is 9.84 Å². The van der Waals surface area contributed by atoms with Crippen LogP contribution < -0.4 is 0 Å². The molecule has 1 heterocycles. The highest BCUT2D eigenvalue weighted by Gasteiger charge is 2.65. The molecule has 0 spiro atoms. The number of rotatable bonds is 7. The van der Waals surface area contributed by atoms with Crippen LogP contribution in [0.3, 0.4) is 0 Å². The summed E-state index contributed by atoms with van der Waals surface area (Å²) in [5, 5.41) is 22.1. The second-order valence-corrected chi connectivity index (χ2v) is 17.4. The third-order valence-electron chi connectivity index (χ3n) is 12.8. The third-order valence-corrected chi connectivity index (χ3v) is 14.4. The molecule has 1 aliphatic heterocycles. The molecule has 1 saturated heterocycles. The van der Waals surface area contributed by atoms with E-state index >= 15 is 0 Å². The minimum Gasteiger partial charge on any atom is -0.464 e. The molecule has 0 aromatic carbocycles. The van der Waals surface area contributed by atoms with Crippen molar-refractivity contribution in [1.82, 2.24) is 4.90 Å². The van der Waals surface area contributed by atoms with Gasteiger partial charge in [0.2, 0.25) is 0 Å². The Morgan fingerprint density at radius 1 is 1.03 bits per heavy atom. The van der Waals surface area contributed by atoms with Crippen LogP contribution in [0.4, 0.5) is 0 Å². The predicted molar refractivity (Wildman–Crippen MR) is 152 cm³/mol. The van der Waals surface area contributed by atoms with Crippen LogP contribution in [0.1, 0.15) is 91.9 Å². The van der Waals surface area contributed by atoms with Gasteiger partial charge in [0.05, 0.1) is 23.7 Å². The molecule has 4 saturated carbocycles. The summed E-state index contributed by atoms with van der Waals surface area (Å²) < 4.78 is 28.7. The lowest BCUT2D eigenvalue weighted by Crippen LogP contribution is -2.62. The first-order valence-electron chi connectivity index (χ1n) is 15.7. The van der Waals surface area contributed by atoms with Gasteiger partial charge in [-0.1, -0.05) is 27.7 Å². The Labute approximate surface area is 236 Å². The van der Waals surface area contributed by atoms with Crippen molar-refractivity contribution in [3.63, 3.8) is 0 Å². The van der Waals surface area contributed by atoms with Gasteiger partial charge >= 0.3 is 5.97 Å². The monoisotopic (exact) mass is 567 g/mol. The summed E-state index contributed by atoms with van der Waals surface area (Å²) in [5.74, 6) is 2.67. The Bertz CT molecular complexity index is 1000. The molecule has 0 radical (unpaired) electrons. The van der Waals surface area contributed by atoms with E-state index in [0.717, 1.165) is 38.5 Å². The summed E-state index contributed by atoms with van der Waals surface area (Å²) >= 11 is 0. The fourth-order valence-corrected chi connectivity index (χ4v) is 11.4. The van der Waals surface area contributed by atoms with Gasteiger partial charge in [0, 0.05) is 26.1 Å². The minimum absolute atomic E-state index is 0.0103. The molecule has 4 aliphatic carbocycles. The lowest BCUT2D eigenvalue weighted by molar-refractivity contribution is -0.206. The predicted octanol–water partition coefficient (Wildman–Crippen LogP) is 4.06. The summed E-state index contributed by atoms with van der Waals surface area (Å²) in [6.45, 7) is 11.5. The van der Waals surface area contributed by atoms with E-state index in [1.165, 1.54) is 19.3 Å². The van der Waals surface area contributed by atoms with Crippen molar-refractivity contribution >= 4 is 15.8 Å². The van der Waals surface area contributed by atoms with Crippen molar-refractivity contribution < 1.29 is 28.2 Å². The zero-order valence-corrected chi connectivity index (χ0v) is 25.6. The van der Waals surface area contributed by atoms with Gasteiger partial charge in [0.15, 0.2) is 9.84 Å². The van der Waals surface area contributed by atoms with Crippen LogP contribution in [-0.2, 0) is 19.4 Å². The lowest BCUT2D eigenvalue weighted by atomic mass is 9.40. The Morgan fingerprint density at radius 3 is 2.46 bits per heavy atom. The molecule has 1 unspecified atom stereocenters.